The Kier molecular flexibility index (Phi) is 4.99. The summed E-state index contributed by atoms with van der Waals surface area (Å²) in [5.74, 6) is 1.90. The van der Waals surface area contributed by atoms with Crippen molar-refractivity contribution >= 4 is 22.5 Å². The summed E-state index contributed by atoms with van der Waals surface area (Å²) in [6.07, 6.45) is 1.09. The fourth-order valence-electron chi connectivity index (χ4n) is 4.89. The second-order valence-electron chi connectivity index (χ2n) is 8.65. The summed E-state index contributed by atoms with van der Waals surface area (Å²) >= 11 is 0. The quantitative estimate of drug-likeness (QED) is 0.482. The van der Waals surface area contributed by atoms with Crippen molar-refractivity contribution in [1.82, 2.24) is 14.3 Å². The number of benzene rings is 2. The van der Waals surface area contributed by atoms with Crippen LogP contribution in [0, 0.1) is 18.3 Å². The van der Waals surface area contributed by atoms with Crippen LogP contribution in [0.3, 0.4) is 0 Å². The summed E-state index contributed by atoms with van der Waals surface area (Å²) < 4.78 is 7.71. The minimum absolute atomic E-state index is 0.481. The Labute approximate surface area is 188 Å². The summed E-state index contributed by atoms with van der Waals surface area (Å²) in [4.78, 5) is 9.63. The molecule has 0 N–H and O–H groups in total. The molecule has 0 saturated carbocycles. The van der Waals surface area contributed by atoms with E-state index >= 15 is 0 Å². The van der Waals surface area contributed by atoms with Crippen LogP contribution in [0.4, 0.5) is 5.82 Å². The monoisotopic (exact) mass is 425 g/mol. The molecule has 0 radical (unpaired) electrons. The van der Waals surface area contributed by atoms with E-state index in [0.29, 0.717) is 11.6 Å². The van der Waals surface area contributed by atoms with Crippen LogP contribution in [0.2, 0.25) is 0 Å². The number of imidazole rings is 1. The number of aromatic nitrogens is 2. The van der Waals surface area contributed by atoms with E-state index < -0.39 is 0 Å². The van der Waals surface area contributed by atoms with Gasteiger partial charge in [-0.1, -0.05) is 24.3 Å². The van der Waals surface area contributed by atoms with Gasteiger partial charge >= 0.3 is 0 Å². The standard InChI is InChI=1S/C26H27N5O/c1-17-21(15-27)25-28-22-10-5-6-11-23(22)31(25)26(30-13-12-19(16-30)29(2)3)24(17)18-8-7-9-20(14-18)32-4/h5-11,14,19H,12-13,16H2,1-4H3/t19-/m0/s1. The number of methoxy groups -OCH3 is 1. The molecule has 4 aromatic rings. The number of hydrogen-bond donors (Lipinski definition) is 0. The zero-order valence-electron chi connectivity index (χ0n) is 19.0. The molecule has 6 nitrogen and oxygen atoms in total. The first-order chi connectivity index (χ1) is 15.5. The summed E-state index contributed by atoms with van der Waals surface area (Å²) in [5.41, 5.74) is 6.32. The number of nitrogens with zero attached hydrogens (tertiary/aromatic N) is 5. The molecule has 1 saturated heterocycles. The molecule has 1 aliphatic heterocycles. The maximum Gasteiger partial charge on any atom is 0.157 e. The van der Waals surface area contributed by atoms with Gasteiger partial charge in [0, 0.05) is 24.7 Å². The van der Waals surface area contributed by atoms with Gasteiger partial charge in [-0.15, -0.1) is 0 Å². The van der Waals surface area contributed by atoms with Crippen LogP contribution in [-0.2, 0) is 0 Å². The van der Waals surface area contributed by atoms with Crippen LogP contribution in [-0.4, -0.2) is 54.6 Å². The lowest BCUT2D eigenvalue weighted by molar-refractivity contribution is 0.315. The number of pyridine rings is 1. The maximum atomic E-state index is 10.1. The lowest BCUT2D eigenvalue weighted by atomic mass is 9.97. The molecule has 0 bridgehead atoms. The SMILES string of the molecule is COc1cccc(-c2c(C)c(C#N)c3nc4ccccc4n3c2N2CC[C@H](N(C)C)C2)c1. The molecule has 0 amide bonds. The van der Waals surface area contributed by atoms with Crippen LogP contribution in [0.15, 0.2) is 48.5 Å². The zero-order chi connectivity index (χ0) is 22.4. The lowest BCUT2D eigenvalue weighted by Gasteiger charge is -2.27. The first-order valence-electron chi connectivity index (χ1n) is 10.9. The Morgan fingerprint density at radius 1 is 1.16 bits per heavy atom. The second kappa shape index (κ2) is 7.85. The van der Waals surface area contributed by atoms with Gasteiger partial charge in [-0.25, -0.2) is 4.98 Å². The van der Waals surface area contributed by atoms with Crippen LogP contribution >= 0.6 is 0 Å². The topological polar surface area (TPSA) is 56.8 Å². The first-order valence-corrected chi connectivity index (χ1v) is 10.9. The smallest absolute Gasteiger partial charge is 0.157 e. The molecule has 0 spiro atoms. The Morgan fingerprint density at radius 3 is 2.69 bits per heavy atom. The third-order valence-corrected chi connectivity index (χ3v) is 6.63. The Balaban J connectivity index is 1.90. The molecule has 6 heteroatoms. The Bertz CT molecular complexity index is 1360. The van der Waals surface area contributed by atoms with Crippen molar-refractivity contribution in [1.29, 1.82) is 5.26 Å². The normalized spacial score (nSPS) is 16.2. The van der Waals surface area contributed by atoms with E-state index in [1.165, 1.54) is 0 Å². The number of hydrogen-bond acceptors (Lipinski definition) is 5. The predicted molar refractivity (Wildman–Crippen MR) is 128 cm³/mol. The highest BCUT2D eigenvalue weighted by atomic mass is 16.5. The van der Waals surface area contributed by atoms with Gasteiger partial charge in [0.1, 0.15) is 17.6 Å². The average Bonchev–Trinajstić information content (AvgIpc) is 3.44. The molecule has 5 rings (SSSR count). The number of ether oxygens (including phenoxy) is 1. The van der Waals surface area contributed by atoms with Crippen LogP contribution in [0.5, 0.6) is 5.75 Å². The van der Waals surface area contributed by atoms with Crippen molar-refractivity contribution in [2.75, 3.05) is 39.2 Å². The minimum Gasteiger partial charge on any atom is -0.497 e. The molecule has 2 aromatic heterocycles. The van der Waals surface area contributed by atoms with E-state index in [2.05, 4.69) is 52.6 Å². The molecule has 2 aromatic carbocycles. The third-order valence-electron chi connectivity index (χ3n) is 6.63. The van der Waals surface area contributed by atoms with Crippen molar-refractivity contribution in [3.8, 4) is 22.9 Å². The number of fused-ring (bicyclic) bond motifs is 3. The highest BCUT2D eigenvalue weighted by molar-refractivity contribution is 5.92. The zero-order valence-corrected chi connectivity index (χ0v) is 19.0. The van der Waals surface area contributed by atoms with Gasteiger partial charge in [0.05, 0.1) is 23.7 Å². The third kappa shape index (κ3) is 3.09. The van der Waals surface area contributed by atoms with Gasteiger partial charge in [0.2, 0.25) is 0 Å². The number of likely N-dealkylation sites (N-methyl/N-ethyl adjacent to an activating group) is 1. The van der Waals surface area contributed by atoms with E-state index in [-0.39, 0.29) is 0 Å². The number of nitriles is 1. The van der Waals surface area contributed by atoms with Gasteiger partial charge in [-0.2, -0.15) is 5.26 Å². The van der Waals surface area contributed by atoms with E-state index in [9.17, 15) is 5.26 Å². The number of rotatable bonds is 4. The van der Waals surface area contributed by atoms with Crippen molar-refractivity contribution in [2.24, 2.45) is 0 Å². The van der Waals surface area contributed by atoms with E-state index in [4.69, 9.17) is 9.72 Å². The van der Waals surface area contributed by atoms with Gasteiger partial charge in [-0.05, 0) is 62.8 Å². The molecule has 32 heavy (non-hydrogen) atoms. The molecule has 1 aliphatic rings. The van der Waals surface area contributed by atoms with Crippen molar-refractivity contribution < 1.29 is 4.74 Å². The Morgan fingerprint density at radius 2 is 1.97 bits per heavy atom. The summed E-state index contributed by atoms with van der Waals surface area (Å²) in [6, 6.07) is 19.2. The van der Waals surface area contributed by atoms with E-state index in [0.717, 1.165) is 64.4 Å². The summed E-state index contributed by atoms with van der Waals surface area (Å²) in [6.45, 7) is 3.92. The highest BCUT2D eigenvalue weighted by Gasteiger charge is 2.31. The molecular weight excluding hydrogens is 398 g/mol. The van der Waals surface area contributed by atoms with Gasteiger partial charge in [0.25, 0.3) is 0 Å². The fraction of sp³-hybridized carbons (Fsp3) is 0.308. The predicted octanol–water partition coefficient (Wildman–Crippen LogP) is 4.48. The molecule has 0 aliphatic carbocycles. The molecular formula is C26H27N5O. The summed E-state index contributed by atoms with van der Waals surface area (Å²) in [5, 5.41) is 10.1. The van der Waals surface area contributed by atoms with Crippen molar-refractivity contribution in [2.45, 2.75) is 19.4 Å². The van der Waals surface area contributed by atoms with Gasteiger partial charge < -0.3 is 14.5 Å². The fourth-order valence-corrected chi connectivity index (χ4v) is 4.89. The largest absolute Gasteiger partial charge is 0.497 e. The molecule has 0 unspecified atom stereocenters. The maximum absolute atomic E-state index is 10.1. The summed E-state index contributed by atoms with van der Waals surface area (Å²) in [7, 11) is 5.97. The molecule has 1 fully saturated rings. The Hall–Kier alpha value is -3.56. The first kappa shape index (κ1) is 20.3. The molecule has 162 valence electrons. The minimum atomic E-state index is 0.481. The van der Waals surface area contributed by atoms with Crippen molar-refractivity contribution in [3.63, 3.8) is 0 Å². The average molecular weight is 426 g/mol. The van der Waals surface area contributed by atoms with E-state index in [1.54, 1.807) is 7.11 Å². The van der Waals surface area contributed by atoms with Crippen molar-refractivity contribution in [3.05, 3.63) is 59.7 Å². The van der Waals surface area contributed by atoms with Gasteiger partial charge in [-0.3, -0.25) is 4.40 Å². The van der Waals surface area contributed by atoms with Gasteiger partial charge in [0.15, 0.2) is 5.65 Å². The van der Waals surface area contributed by atoms with Crippen LogP contribution < -0.4 is 9.64 Å². The highest BCUT2D eigenvalue weighted by Crippen LogP contribution is 2.41. The van der Waals surface area contributed by atoms with E-state index in [1.807, 2.05) is 37.3 Å². The molecule has 3 heterocycles. The van der Waals surface area contributed by atoms with Crippen LogP contribution in [0.25, 0.3) is 27.8 Å². The lowest BCUT2D eigenvalue weighted by Crippen LogP contribution is -2.32. The van der Waals surface area contributed by atoms with Crippen LogP contribution in [0.1, 0.15) is 17.5 Å². The number of para-hydroxylation sites is 2. The second-order valence-corrected chi connectivity index (χ2v) is 8.65. The molecule has 1 atom stereocenters. The number of anilines is 1.